The summed E-state index contributed by atoms with van der Waals surface area (Å²) in [6.45, 7) is 5.34. The zero-order valence-corrected chi connectivity index (χ0v) is 8.72. The molecule has 1 aliphatic heterocycles. The van der Waals surface area contributed by atoms with Crippen molar-refractivity contribution in [1.82, 2.24) is 0 Å². The molecule has 0 N–H and O–H groups in total. The summed E-state index contributed by atoms with van der Waals surface area (Å²) in [6, 6.07) is 0. The molecule has 0 spiro atoms. The van der Waals surface area contributed by atoms with Crippen molar-refractivity contribution in [2.24, 2.45) is 0 Å². The minimum Gasteiger partial charge on any atom is -0.402 e. The van der Waals surface area contributed by atoms with Crippen molar-refractivity contribution in [3.8, 4) is 0 Å². The molecule has 3 nitrogen and oxygen atoms in total. The molecule has 1 heterocycles. The van der Waals surface area contributed by atoms with Gasteiger partial charge in [0.2, 0.25) is 0 Å². The first-order chi connectivity index (χ1) is 4.64. The van der Waals surface area contributed by atoms with E-state index in [0.29, 0.717) is 23.2 Å². The molecule has 0 amide bonds. The van der Waals surface area contributed by atoms with Gasteiger partial charge >= 0.3 is 0 Å². The highest BCUT2D eigenvalue weighted by atomic mass is 28.2. The zero-order chi connectivity index (χ0) is 7.61. The van der Waals surface area contributed by atoms with Crippen molar-refractivity contribution < 1.29 is 13.9 Å². The SMILES string of the molecule is CC(C)(O[SiH3])OCC1CO1. The smallest absolute Gasteiger partial charge is 0.152 e. The van der Waals surface area contributed by atoms with Gasteiger partial charge in [-0.2, -0.15) is 0 Å². The average molecular weight is 162 g/mol. The van der Waals surface area contributed by atoms with Gasteiger partial charge in [-0.15, -0.1) is 0 Å². The molecule has 1 aliphatic rings. The van der Waals surface area contributed by atoms with E-state index < -0.39 is 5.79 Å². The molecule has 0 radical (unpaired) electrons. The first kappa shape index (κ1) is 8.20. The molecule has 0 bridgehead atoms. The standard InChI is InChI=1S/C6H14O3Si/c1-6(2,9-10)8-4-5-3-7-5/h5H,3-4H2,1-2,10H3. The Morgan fingerprint density at radius 1 is 1.70 bits per heavy atom. The highest BCUT2D eigenvalue weighted by Crippen LogP contribution is 2.15. The van der Waals surface area contributed by atoms with Crippen LogP contribution < -0.4 is 0 Å². The first-order valence-electron chi connectivity index (χ1n) is 3.45. The van der Waals surface area contributed by atoms with Gasteiger partial charge in [0.1, 0.15) is 16.6 Å². The van der Waals surface area contributed by atoms with Gasteiger partial charge in [-0.25, -0.2) is 0 Å². The second kappa shape index (κ2) is 3.00. The van der Waals surface area contributed by atoms with Gasteiger partial charge in [0.15, 0.2) is 5.79 Å². The van der Waals surface area contributed by atoms with E-state index in [0.717, 1.165) is 6.61 Å². The van der Waals surface area contributed by atoms with E-state index in [9.17, 15) is 0 Å². The van der Waals surface area contributed by atoms with Crippen LogP contribution in [0.2, 0.25) is 0 Å². The van der Waals surface area contributed by atoms with E-state index in [2.05, 4.69) is 0 Å². The lowest BCUT2D eigenvalue weighted by atomic mass is 10.4. The fraction of sp³-hybridized carbons (Fsp3) is 1.00. The highest BCUT2D eigenvalue weighted by molar-refractivity contribution is 5.98. The first-order valence-corrected chi connectivity index (χ1v) is 4.26. The number of rotatable bonds is 4. The van der Waals surface area contributed by atoms with Gasteiger partial charge in [0.05, 0.1) is 13.2 Å². The topological polar surface area (TPSA) is 31.0 Å². The van der Waals surface area contributed by atoms with Crippen LogP contribution in [0.3, 0.4) is 0 Å². The van der Waals surface area contributed by atoms with Crippen LogP contribution in [-0.2, 0) is 13.9 Å². The summed E-state index contributed by atoms with van der Waals surface area (Å²) in [5, 5.41) is 0. The molecule has 0 aromatic heterocycles. The van der Waals surface area contributed by atoms with Crippen LogP contribution in [0.25, 0.3) is 0 Å². The van der Waals surface area contributed by atoms with Gasteiger partial charge in [-0.1, -0.05) is 0 Å². The van der Waals surface area contributed by atoms with Crippen LogP contribution in [0.15, 0.2) is 0 Å². The molecule has 0 aliphatic carbocycles. The van der Waals surface area contributed by atoms with Crippen LogP contribution in [0, 0.1) is 0 Å². The Bertz CT molecular complexity index is 112. The second-order valence-corrected chi connectivity index (χ2v) is 3.28. The molecular weight excluding hydrogens is 148 g/mol. The minimum absolute atomic E-state index is 0.330. The number of ether oxygens (including phenoxy) is 2. The van der Waals surface area contributed by atoms with Gasteiger partial charge in [-0.3, -0.25) is 0 Å². The Hall–Kier alpha value is 0.0969. The molecule has 1 atom stereocenters. The molecule has 1 unspecified atom stereocenters. The van der Waals surface area contributed by atoms with E-state index in [1.54, 1.807) is 0 Å². The lowest BCUT2D eigenvalue weighted by molar-refractivity contribution is -0.156. The lowest BCUT2D eigenvalue weighted by Gasteiger charge is -2.23. The summed E-state index contributed by atoms with van der Waals surface area (Å²) in [7, 11) is 0.712. The third kappa shape index (κ3) is 2.79. The molecule has 0 aromatic carbocycles. The summed E-state index contributed by atoms with van der Waals surface area (Å²) >= 11 is 0. The second-order valence-electron chi connectivity index (χ2n) is 2.87. The van der Waals surface area contributed by atoms with Gasteiger partial charge in [-0.05, 0) is 13.8 Å². The third-order valence-corrected chi connectivity index (χ3v) is 2.49. The Labute approximate surface area is 64.2 Å². The minimum atomic E-state index is -0.405. The number of hydrogen-bond donors (Lipinski definition) is 0. The number of hydrogen-bond acceptors (Lipinski definition) is 3. The van der Waals surface area contributed by atoms with E-state index in [1.807, 2.05) is 13.8 Å². The lowest BCUT2D eigenvalue weighted by Crippen LogP contribution is -2.28. The van der Waals surface area contributed by atoms with E-state index in [-0.39, 0.29) is 0 Å². The fourth-order valence-corrected chi connectivity index (χ4v) is 0.635. The normalized spacial score (nSPS) is 25.2. The molecule has 0 saturated carbocycles. The zero-order valence-electron chi connectivity index (χ0n) is 6.72. The van der Waals surface area contributed by atoms with Crippen molar-refractivity contribution in [3.05, 3.63) is 0 Å². The van der Waals surface area contributed by atoms with Crippen LogP contribution in [0.1, 0.15) is 13.8 Å². The fourth-order valence-electron chi connectivity index (χ4n) is 0.517. The van der Waals surface area contributed by atoms with Crippen LogP contribution in [0.5, 0.6) is 0 Å². The van der Waals surface area contributed by atoms with Crippen molar-refractivity contribution in [3.63, 3.8) is 0 Å². The monoisotopic (exact) mass is 162 g/mol. The van der Waals surface area contributed by atoms with E-state index in [1.165, 1.54) is 0 Å². The maximum absolute atomic E-state index is 5.39. The average Bonchev–Trinajstić information content (AvgIpc) is 2.66. The summed E-state index contributed by atoms with van der Waals surface area (Å²) in [6.07, 6.45) is 0.330. The highest BCUT2D eigenvalue weighted by Gasteiger charge is 2.26. The van der Waals surface area contributed by atoms with Gasteiger partial charge < -0.3 is 13.9 Å². The molecular formula is C6H14O3Si. The van der Waals surface area contributed by atoms with Crippen molar-refractivity contribution in [1.29, 1.82) is 0 Å². The summed E-state index contributed by atoms with van der Waals surface area (Å²) < 4.78 is 15.5. The van der Waals surface area contributed by atoms with Crippen LogP contribution in [-0.4, -0.2) is 35.6 Å². The quantitative estimate of drug-likeness (QED) is 0.315. The predicted octanol–water partition coefficient (Wildman–Crippen LogP) is -0.565. The Morgan fingerprint density at radius 3 is 2.70 bits per heavy atom. The largest absolute Gasteiger partial charge is 0.402 e. The predicted molar refractivity (Wildman–Crippen MR) is 40.8 cm³/mol. The Morgan fingerprint density at radius 2 is 2.30 bits per heavy atom. The maximum Gasteiger partial charge on any atom is 0.152 e. The van der Waals surface area contributed by atoms with E-state index in [4.69, 9.17) is 13.9 Å². The molecule has 10 heavy (non-hydrogen) atoms. The molecule has 0 aromatic rings. The maximum atomic E-state index is 5.39. The molecule has 1 saturated heterocycles. The summed E-state index contributed by atoms with van der Waals surface area (Å²) in [4.78, 5) is 0. The summed E-state index contributed by atoms with van der Waals surface area (Å²) in [5.41, 5.74) is 0. The van der Waals surface area contributed by atoms with Crippen LogP contribution >= 0.6 is 0 Å². The Kier molecular flexibility index (Phi) is 2.46. The molecule has 4 heteroatoms. The van der Waals surface area contributed by atoms with Gasteiger partial charge in [0.25, 0.3) is 0 Å². The van der Waals surface area contributed by atoms with Crippen molar-refractivity contribution in [2.45, 2.75) is 25.7 Å². The number of epoxide rings is 1. The van der Waals surface area contributed by atoms with Crippen molar-refractivity contribution >= 4 is 10.5 Å². The van der Waals surface area contributed by atoms with Crippen LogP contribution in [0.4, 0.5) is 0 Å². The molecule has 1 rings (SSSR count). The molecule has 1 fully saturated rings. The van der Waals surface area contributed by atoms with E-state index >= 15 is 0 Å². The van der Waals surface area contributed by atoms with Crippen molar-refractivity contribution in [2.75, 3.05) is 13.2 Å². The Balaban J connectivity index is 2.09. The third-order valence-electron chi connectivity index (χ3n) is 1.51. The summed E-state index contributed by atoms with van der Waals surface area (Å²) in [5.74, 6) is -0.405. The van der Waals surface area contributed by atoms with Gasteiger partial charge in [0, 0.05) is 0 Å². The molecule has 60 valence electrons.